The van der Waals surface area contributed by atoms with E-state index in [2.05, 4.69) is 9.97 Å². The van der Waals surface area contributed by atoms with Gasteiger partial charge in [0.15, 0.2) is 6.10 Å². The molecule has 0 aliphatic rings. The Morgan fingerprint density at radius 3 is 2.89 bits per heavy atom. The summed E-state index contributed by atoms with van der Waals surface area (Å²) in [6, 6.07) is 5.78. The summed E-state index contributed by atoms with van der Waals surface area (Å²) < 4.78 is 18.5. The maximum Gasteiger partial charge on any atom is 0.155 e. The van der Waals surface area contributed by atoms with Crippen molar-refractivity contribution in [2.24, 2.45) is 0 Å². The summed E-state index contributed by atoms with van der Waals surface area (Å²) in [5.41, 5.74) is 0.909. The summed E-state index contributed by atoms with van der Waals surface area (Å²) >= 11 is 0. The number of hydrogen-bond donors (Lipinski definition) is 1. The van der Waals surface area contributed by atoms with Crippen LogP contribution in [0.5, 0.6) is 0 Å². The number of halogens is 1. The van der Waals surface area contributed by atoms with E-state index in [0.29, 0.717) is 22.4 Å². The minimum Gasteiger partial charge on any atom is -0.458 e. The van der Waals surface area contributed by atoms with Gasteiger partial charge in [-0.15, -0.1) is 0 Å². The zero-order valence-electron chi connectivity index (χ0n) is 9.25. The molecule has 0 radical (unpaired) electrons. The zero-order valence-corrected chi connectivity index (χ0v) is 9.25. The molecule has 1 atom stereocenters. The smallest absolute Gasteiger partial charge is 0.155 e. The van der Waals surface area contributed by atoms with Crippen molar-refractivity contribution in [2.45, 2.75) is 6.10 Å². The summed E-state index contributed by atoms with van der Waals surface area (Å²) in [7, 11) is 0. The Bertz CT molecular complexity index is 682. The Labute approximate surface area is 102 Å². The van der Waals surface area contributed by atoms with E-state index in [1.54, 1.807) is 6.07 Å². The van der Waals surface area contributed by atoms with E-state index in [0.717, 1.165) is 0 Å². The van der Waals surface area contributed by atoms with Gasteiger partial charge in [0.25, 0.3) is 0 Å². The molecule has 0 saturated heterocycles. The number of rotatable bonds is 2. The Morgan fingerprint density at radius 2 is 2.11 bits per heavy atom. The number of fused-ring (bicyclic) bond motifs is 1. The van der Waals surface area contributed by atoms with Crippen LogP contribution in [0.2, 0.25) is 0 Å². The normalized spacial score (nSPS) is 12.8. The number of aromatic nitrogens is 2. The van der Waals surface area contributed by atoms with Crippen molar-refractivity contribution in [1.82, 2.24) is 9.97 Å². The highest BCUT2D eigenvalue weighted by molar-refractivity contribution is 5.78. The molecule has 0 fully saturated rings. The van der Waals surface area contributed by atoms with Gasteiger partial charge in [-0.2, -0.15) is 0 Å². The molecule has 2 aromatic heterocycles. The highest BCUT2D eigenvalue weighted by Crippen LogP contribution is 2.27. The van der Waals surface area contributed by atoms with E-state index in [-0.39, 0.29) is 5.82 Å². The first-order valence-corrected chi connectivity index (χ1v) is 5.37. The molecule has 2 heterocycles. The standard InChI is InChI=1S/C13H9FN2O2/c14-9-1-2-11-8(5-9)6-12(18-11)13(17)10-7-15-3-4-16-10/h1-7,13,17H. The molecule has 3 aromatic rings. The quantitative estimate of drug-likeness (QED) is 0.752. The van der Waals surface area contributed by atoms with Crippen molar-refractivity contribution in [1.29, 1.82) is 0 Å². The molecule has 0 saturated carbocycles. The lowest BCUT2D eigenvalue weighted by Gasteiger charge is -2.04. The molecular weight excluding hydrogens is 235 g/mol. The van der Waals surface area contributed by atoms with Gasteiger partial charge in [-0.25, -0.2) is 4.39 Å². The van der Waals surface area contributed by atoms with Gasteiger partial charge in [0.1, 0.15) is 17.2 Å². The third-order valence-electron chi connectivity index (χ3n) is 2.63. The molecule has 90 valence electrons. The van der Waals surface area contributed by atoms with Crippen LogP contribution in [0.3, 0.4) is 0 Å². The van der Waals surface area contributed by atoms with Crippen LogP contribution in [-0.4, -0.2) is 15.1 Å². The van der Waals surface area contributed by atoms with Gasteiger partial charge in [0.05, 0.1) is 11.9 Å². The van der Waals surface area contributed by atoms with Crippen LogP contribution in [0.4, 0.5) is 4.39 Å². The van der Waals surface area contributed by atoms with E-state index >= 15 is 0 Å². The van der Waals surface area contributed by atoms with Gasteiger partial charge in [-0.05, 0) is 24.3 Å². The summed E-state index contributed by atoms with van der Waals surface area (Å²) in [6.07, 6.45) is 3.46. The van der Waals surface area contributed by atoms with Gasteiger partial charge < -0.3 is 9.52 Å². The topological polar surface area (TPSA) is 59.2 Å². The fourth-order valence-electron chi connectivity index (χ4n) is 1.77. The molecule has 1 aromatic carbocycles. The highest BCUT2D eigenvalue weighted by atomic mass is 19.1. The third-order valence-corrected chi connectivity index (χ3v) is 2.63. The van der Waals surface area contributed by atoms with Crippen LogP contribution in [-0.2, 0) is 0 Å². The third kappa shape index (κ3) is 1.84. The van der Waals surface area contributed by atoms with Gasteiger partial charge in [0, 0.05) is 17.8 Å². The minimum atomic E-state index is -1.01. The van der Waals surface area contributed by atoms with Crippen LogP contribution in [0.1, 0.15) is 17.6 Å². The number of aliphatic hydroxyl groups is 1. The summed E-state index contributed by atoms with van der Waals surface area (Å²) in [5, 5.41) is 10.7. The van der Waals surface area contributed by atoms with Crippen molar-refractivity contribution in [3.63, 3.8) is 0 Å². The van der Waals surface area contributed by atoms with Crippen LogP contribution >= 0.6 is 0 Å². The zero-order chi connectivity index (χ0) is 12.5. The molecule has 18 heavy (non-hydrogen) atoms. The average molecular weight is 244 g/mol. The van der Waals surface area contributed by atoms with Crippen molar-refractivity contribution in [2.75, 3.05) is 0 Å². The predicted molar refractivity (Wildman–Crippen MR) is 62.3 cm³/mol. The first-order chi connectivity index (χ1) is 8.74. The maximum absolute atomic E-state index is 13.0. The second-order valence-electron chi connectivity index (χ2n) is 3.86. The largest absolute Gasteiger partial charge is 0.458 e. The molecule has 5 heteroatoms. The van der Waals surface area contributed by atoms with E-state index in [1.807, 2.05) is 0 Å². The number of aliphatic hydroxyl groups excluding tert-OH is 1. The van der Waals surface area contributed by atoms with Crippen molar-refractivity contribution in [3.05, 3.63) is 60.1 Å². The van der Waals surface area contributed by atoms with Crippen LogP contribution in [0.15, 0.2) is 47.3 Å². The van der Waals surface area contributed by atoms with Crippen LogP contribution in [0.25, 0.3) is 11.0 Å². The van der Waals surface area contributed by atoms with Gasteiger partial charge in [-0.1, -0.05) is 0 Å². The maximum atomic E-state index is 13.0. The molecule has 3 rings (SSSR count). The molecule has 0 aliphatic carbocycles. The molecule has 0 bridgehead atoms. The molecule has 1 unspecified atom stereocenters. The molecule has 0 spiro atoms. The molecule has 4 nitrogen and oxygen atoms in total. The number of furan rings is 1. The van der Waals surface area contributed by atoms with Crippen LogP contribution < -0.4 is 0 Å². The predicted octanol–water partition coefficient (Wildman–Crippen LogP) is 2.44. The number of nitrogens with zero attached hydrogens (tertiary/aromatic N) is 2. The lowest BCUT2D eigenvalue weighted by molar-refractivity contribution is 0.187. The van der Waals surface area contributed by atoms with Crippen molar-refractivity contribution < 1.29 is 13.9 Å². The lowest BCUT2D eigenvalue weighted by Crippen LogP contribution is -2.00. The van der Waals surface area contributed by atoms with Gasteiger partial charge in [-0.3, -0.25) is 9.97 Å². The van der Waals surface area contributed by atoms with Crippen molar-refractivity contribution in [3.8, 4) is 0 Å². The highest BCUT2D eigenvalue weighted by Gasteiger charge is 2.17. The minimum absolute atomic E-state index is 0.316. The Hall–Kier alpha value is -2.27. The van der Waals surface area contributed by atoms with Crippen LogP contribution in [0, 0.1) is 5.82 Å². The average Bonchev–Trinajstić information content (AvgIpc) is 2.81. The molecule has 0 aliphatic heterocycles. The second kappa shape index (κ2) is 4.19. The van der Waals surface area contributed by atoms with Gasteiger partial charge in [0.2, 0.25) is 0 Å². The number of hydrogen-bond acceptors (Lipinski definition) is 4. The lowest BCUT2D eigenvalue weighted by atomic mass is 10.2. The van der Waals surface area contributed by atoms with E-state index in [9.17, 15) is 9.50 Å². The number of benzene rings is 1. The fourth-order valence-corrected chi connectivity index (χ4v) is 1.77. The van der Waals surface area contributed by atoms with Gasteiger partial charge >= 0.3 is 0 Å². The Kier molecular flexibility index (Phi) is 2.53. The molecular formula is C13H9FN2O2. The Balaban J connectivity index is 2.04. The van der Waals surface area contributed by atoms with E-state index in [1.165, 1.54) is 36.8 Å². The Morgan fingerprint density at radius 1 is 1.22 bits per heavy atom. The summed E-state index contributed by atoms with van der Waals surface area (Å²) in [5.74, 6) is -0.0278. The molecule has 1 N–H and O–H groups in total. The fraction of sp³-hybridized carbons (Fsp3) is 0.0769. The summed E-state index contributed by atoms with van der Waals surface area (Å²) in [6.45, 7) is 0. The first kappa shape index (κ1) is 10.9. The van der Waals surface area contributed by atoms with E-state index in [4.69, 9.17) is 4.42 Å². The second-order valence-corrected chi connectivity index (χ2v) is 3.86. The molecule has 0 amide bonds. The monoisotopic (exact) mass is 244 g/mol. The van der Waals surface area contributed by atoms with Crippen molar-refractivity contribution >= 4 is 11.0 Å². The summed E-state index contributed by atoms with van der Waals surface area (Å²) in [4.78, 5) is 7.87. The SMILES string of the molecule is OC(c1cnccn1)c1cc2cc(F)ccc2o1. The first-order valence-electron chi connectivity index (χ1n) is 5.37. The van der Waals surface area contributed by atoms with E-state index < -0.39 is 6.10 Å².